The third kappa shape index (κ3) is 2.34. The smallest absolute Gasteiger partial charge is 0.150 e. The maximum Gasteiger partial charge on any atom is 0.150 e. The molecule has 0 aliphatic heterocycles. The molecule has 0 radical (unpaired) electrons. The number of aldehydes is 2. The van der Waals surface area contributed by atoms with Gasteiger partial charge >= 0.3 is 0 Å². The summed E-state index contributed by atoms with van der Waals surface area (Å²) in [5, 5.41) is 0.501. The Hall–Kier alpha value is -1.93. The van der Waals surface area contributed by atoms with Gasteiger partial charge in [0.2, 0.25) is 0 Å². The summed E-state index contributed by atoms with van der Waals surface area (Å²) in [6.07, 6.45) is 1.54. The molecule has 0 aliphatic carbocycles. The van der Waals surface area contributed by atoms with Gasteiger partial charge < -0.3 is 0 Å². The molecule has 3 heteroatoms. The van der Waals surface area contributed by atoms with Gasteiger partial charge in [-0.15, -0.1) is 0 Å². The molecule has 2 aromatic rings. The number of halogens is 1. The SMILES string of the molecule is Cc1ccc(-c2ccc(Cl)cc2C=O)c(C=O)c1. The average molecular weight is 259 g/mol. The van der Waals surface area contributed by atoms with Gasteiger partial charge in [0.25, 0.3) is 0 Å². The van der Waals surface area contributed by atoms with E-state index in [0.717, 1.165) is 29.3 Å². The summed E-state index contributed by atoms with van der Waals surface area (Å²) in [7, 11) is 0. The van der Waals surface area contributed by atoms with Crippen molar-refractivity contribution >= 4 is 24.2 Å². The maximum atomic E-state index is 11.1. The maximum absolute atomic E-state index is 11.1. The first kappa shape index (κ1) is 12.5. The number of benzene rings is 2. The predicted octanol–water partition coefficient (Wildman–Crippen LogP) is 3.94. The van der Waals surface area contributed by atoms with E-state index >= 15 is 0 Å². The molecular weight excluding hydrogens is 248 g/mol. The molecule has 0 aliphatic rings. The standard InChI is InChI=1S/C15H11ClO2/c1-10-2-4-14(11(6-10)8-17)15-5-3-13(16)7-12(15)9-18/h2-9H,1H3. The highest BCUT2D eigenvalue weighted by atomic mass is 35.5. The predicted molar refractivity (Wildman–Crippen MR) is 72.4 cm³/mol. The first-order valence-electron chi connectivity index (χ1n) is 5.46. The van der Waals surface area contributed by atoms with Gasteiger partial charge in [-0.1, -0.05) is 35.4 Å². The molecule has 0 fully saturated rings. The fraction of sp³-hybridized carbons (Fsp3) is 0.0667. The molecule has 18 heavy (non-hydrogen) atoms. The molecule has 0 saturated heterocycles. The van der Waals surface area contributed by atoms with Crippen molar-refractivity contribution in [2.75, 3.05) is 0 Å². The average Bonchev–Trinajstić information content (AvgIpc) is 2.38. The second-order valence-corrected chi connectivity index (χ2v) is 4.49. The fourth-order valence-electron chi connectivity index (χ4n) is 1.90. The quantitative estimate of drug-likeness (QED) is 0.782. The summed E-state index contributed by atoms with van der Waals surface area (Å²) in [4.78, 5) is 22.2. The highest BCUT2D eigenvalue weighted by Gasteiger charge is 2.09. The summed E-state index contributed by atoms with van der Waals surface area (Å²) in [5.74, 6) is 0. The van der Waals surface area contributed by atoms with Crippen LogP contribution < -0.4 is 0 Å². The highest BCUT2D eigenvalue weighted by Crippen LogP contribution is 2.28. The summed E-state index contributed by atoms with van der Waals surface area (Å²) in [5.41, 5.74) is 3.52. The van der Waals surface area contributed by atoms with E-state index in [0.29, 0.717) is 16.1 Å². The molecule has 2 rings (SSSR count). The minimum atomic E-state index is 0.481. The van der Waals surface area contributed by atoms with Crippen LogP contribution in [0.1, 0.15) is 26.3 Å². The Labute approximate surface area is 110 Å². The summed E-state index contributed by atoms with van der Waals surface area (Å²) < 4.78 is 0. The lowest BCUT2D eigenvalue weighted by Gasteiger charge is -2.09. The second-order valence-electron chi connectivity index (χ2n) is 4.06. The third-order valence-electron chi connectivity index (χ3n) is 2.76. The Morgan fingerprint density at radius 3 is 2.06 bits per heavy atom. The molecule has 0 spiro atoms. The minimum absolute atomic E-state index is 0.481. The van der Waals surface area contributed by atoms with Crippen molar-refractivity contribution in [1.29, 1.82) is 0 Å². The number of hydrogen-bond donors (Lipinski definition) is 0. The zero-order chi connectivity index (χ0) is 13.1. The summed E-state index contributed by atoms with van der Waals surface area (Å²) in [6.45, 7) is 1.92. The van der Waals surface area contributed by atoms with E-state index in [1.165, 1.54) is 0 Å². The highest BCUT2D eigenvalue weighted by molar-refractivity contribution is 6.31. The van der Waals surface area contributed by atoms with Crippen LogP contribution in [0.5, 0.6) is 0 Å². The Morgan fingerprint density at radius 2 is 1.44 bits per heavy atom. The van der Waals surface area contributed by atoms with Gasteiger partial charge in [0.05, 0.1) is 0 Å². The summed E-state index contributed by atoms with van der Waals surface area (Å²) in [6, 6.07) is 10.6. The van der Waals surface area contributed by atoms with Crippen LogP contribution in [0.25, 0.3) is 11.1 Å². The van der Waals surface area contributed by atoms with Crippen molar-refractivity contribution in [3.63, 3.8) is 0 Å². The van der Waals surface area contributed by atoms with Crippen molar-refractivity contribution < 1.29 is 9.59 Å². The molecule has 90 valence electrons. The first-order chi connectivity index (χ1) is 8.65. The molecule has 0 bridgehead atoms. The van der Waals surface area contributed by atoms with Crippen LogP contribution in [0, 0.1) is 6.92 Å². The molecular formula is C15H11ClO2. The van der Waals surface area contributed by atoms with Crippen molar-refractivity contribution in [2.45, 2.75) is 6.92 Å². The number of carbonyl (C=O) groups is 2. The normalized spacial score (nSPS) is 10.1. The van der Waals surface area contributed by atoms with Crippen LogP contribution in [-0.4, -0.2) is 12.6 Å². The lowest BCUT2D eigenvalue weighted by molar-refractivity contribution is 0.111. The second kappa shape index (κ2) is 5.15. The molecule has 2 aromatic carbocycles. The molecule has 0 unspecified atom stereocenters. The van der Waals surface area contributed by atoms with E-state index in [1.54, 1.807) is 24.3 Å². The van der Waals surface area contributed by atoms with E-state index in [1.807, 2.05) is 19.1 Å². The van der Waals surface area contributed by atoms with Gasteiger partial charge in [0, 0.05) is 16.1 Å². The van der Waals surface area contributed by atoms with Gasteiger partial charge in [-0.2, -0.15) is 0 Å². The fourth-order valence-corrected chi connectivity index (χ4v) is 2.08. The Bertz CT molecular complexity index is 562. The van der Waals surface area contributed by atoms with E-state index in [-0.39, 0.29) is 0 Å². The number of aryl methyl sites for hydroxylation is 1. The van der Waals surface area contributed by atoms with E-state index in [2.05, 4.69) is 0 Å². The van der Waals surface area contributed by atoms with Crippen LogP contribution in [0.2, 0.25) is 5.02 Å². The van der Waals surface area contributed by atoms with Crippen molar-refractivity contribution in [2.24, 2.45) is 0 Å². The monoisotopic (exact) mass is 258 g/mol. The van der Waals surface area contributed by atoms with Crippen molar-refractivity contribution in [3.05, 3.63) is 58.1 Å². The number of carbonyl (C=O) groups excluding carboxylic acids is 2. The third-order valence-corrected chi connectivity index (χ3v) is 3.00. The molecule has 0 amide bonds. The molecule has 0 heterocycles. The number of hydrogen-bond acceptors (Lipinski definition) is 2. The Kier molecular flexibility index (Phi) is 3.58. The molecule has 0 atom stereocenters. The molecule has 0 N–H and O–H groups in total. The number of rotatable bonds is 3. The van der Waals surface area contributed by atoms with E-state index < -0.39 is 0 Å². The van der Waals surface area contributed by atoms with Crippen LogP contribution in [0.3, 0.4) is 0 Å². The Morgan fingerprint density at radius 1 is 0.889 bits per heavy atom. The van der Waals surface area contributed by atoms with Crippen LogP contribution in [-0.2, 0) is 0 Å². The lowest BCUT2D eigenvalue weighted by Crippen LogP contribution is -1.93. The van der Waals surface area contributed by atoms with E-state index in [9.17, 15) is 9.59 Å². The van der Waals surface area contributed by atoms with Gasteiger partial charge in [-0.3, -0.25) is 9.59 Å². The van der Waals surface area contributed by atoms with Crippen LogP contribution >= 0.6 is 11.6 Å². The minimum Gasteiger partial charge on any atom is -0.298 e. The topological polar surface area (TPSA) is 34.1 Å². The zero-order valence-electron chi connectivity index (χ0n) is 9.81. The summed E-state index contributed by atoms with van der Waals surface area (Å²) >= 11 is 5.85. The van der Waals surface area contributed by atoms with Crippen molar-refractivity contribution in [3.8, 4) is 11.1 Å². The van der Waals surface area contributed by atoms with Crippen LogP contribution in [0.4, 0.5) is 0 Å². The van der Waals surface area contributed by atoms with Gasteiger partial charge in [0.15, 0.2) is 12.6 Å². The molecule has 2 nitrogen and oxygen atoms in total. The van der Waals surface area contributed by atoms with Crippen molar-refractivity contribution in [1.82, 2.24) is 0 Å². The molecule has 0 aromatic heterocycles. The van der Waals surface area contributed by atoms with E-state index in [4.69, 9.17) is 11.6 Å². The van der Waals surface area contributed by atoms with Gasteiger partial charge in [0.1, 0.15) is 0 Å². The largest absolute Gasteiger partial charge is 0.298 e. The zero-order valence-corrected chi connectivity index (χ0v) is 10.6. The Balaban J connectivity index is 2.68. The molecule has 0 saturated carbocycles. The van der Waals surface area contributed by atoms with Gasteiger partial charge in [-0.25, -0.2) is 0 Å². The first-order valence-corrected chi connectivity index (χ1v) is 5.84. The van der Waals surface area contributed by atoms with Crippen LogP contribution in [0.15, 0.2) is 36.4 Å². The lowest BCUT2D eigenvalue weighted by atomic mass is 9.95. The van der Waals surface area contributed by atoms with Gasteiger partial charge in [-0.05, 0) is 36.2 Å².